The van der Waals surface area contributed by atoms with Crippen LogP contribution in [0, 0.1) is 12.0 Å². The van der Waals surface area contributed by atoms with Crippen molar-refractivity contribution in [1.82, 2.24) is 4.90 Å². The van der Waals surface area contributed by atoms with Crippen molar-refractivity contribution >= 4 is 0 Å². The summed E-state index contributed by atoms with van der Waals surface area (Å²) in [4.78, 5) is 6.25. The molecule has 1 spiro atoms. The summed E-state index contributed by atoms with van der Waals surface area (Å²) in [5, 5.41) is 0. The molecular weight excluding hydrogens is 172 g/mol. The van der Waals surface area contributed by atoms with Crippen LogP contribution < -0.4 is 0 Å². The highest BCUT2D eigenvalue weighted by Gasteiger charge is 2.61. The molecular formula is C12H20N2. The second kappa shape index (κ2) is 2.97. The minimum Gasteiger partial charge on any atom is -0.313 e. The average molecular weight is 192 g/mol. The molecule has 1 atom stereocenters. The van der Waals surface area contributed by atoms with Crippen LogP contribution in [0.25, 0.3) is 4.85 Å². The fraction of sp³-hybridized carbons (Fsp3) is 0.917. The average Bonchev–Trinajstić information content (AvgIpc) is 2.78. The first kappa shape index (κ1) is 9.98. The van der Waals surface area contributed by atoms with Crippen LogP contribution in [-0.2, 0) is 0 Å². The zero-order chi connectivity index (χ0) is 10.4. The van der Waals surface area contributed by atoms with Crippen molar-refractivity contribution in [1.29, 1.82) is 0 Å². The third kappa shape index (κ3) is 1.54. The van der Waals surface area contributed by atoms with E-state index < -0.39 is 0 Å². The minimum absolute atomic E-state index is 0.310. The molecule has 0 radical (unpaired) electrons. The predicted octanol–water partition coefficient (Wildman–Crippen LogP) is 2.56. The van der Waals surface area contributed by atoms with Gasteiger partial charge in [-0.2, -0.15) is 0 Å². The lowest BCUT2D eigenvalue weighted by Gasteiger charge is -2.40. The van der Waals surface area contributed by atoms with Crippen LogP contribution in [0.2, 0.25) is 0 Å². The van der Waals surface area contributed by atoms with E-state index in [1.54, 1.807) is 0 Å². The Morgan fingerprint density at radius 3 is 2.21 bits per heavy atom. The molecule has 78 valence electrons. The van der Waals surface area contributed by atoms with Gasteiger partial charge >= 0.3 is 0 Å². The van der Waals surface area contributed by atoms with Crippen LogP contribution in [0.1, 0.15) is 40.0 Å². The fourth-order valence-corrected chi connectivity index (χ4v) is 2.67. The van der Waals surface area contributed by atoms with Crippen molar-refractivity contribution in [2.75, 3.05) is 13.1 Å². The Morgan fingerprint density at radius 1 is 1.29 bits per heavy atom. The molecule has 1 unspecified atom stereocenters. The Balaban J connectivity index is 1.92. The van der Waals surface area contributed by atoms with E-state index >= 15 is 0 Å². The van der Waals surface area contributed by atoms with Crippen molar-refractivity contribution in [2.45, 2.75) is 51.6 Å². The van der Waals surface area contributed by atoms with E-state index in [-0.39, 0.29) is 0 Å². The molecule has 1 aliphatic heterocycles. The zero-order valence-corrected chi connectivity index (χ0v) is 9.51. The zero-order valence-electron chi connectivity index (χ0n) is 9.51. The van der Waals surface area contributed by atoms with E-state index in [0.717, 1.165) is 0 Å². The standard InChI is InChI=1S/C12H20N2/c1-11(2,3)14-7-5-12(6-8-14)9-10(12)13-4/h10H,5-9H2,1-3H3. The number of piperidine rings is 1. The van der Waals surface area contributed by atoms with Gasteiger partial charge in [-0.15, -0.1) is 0 Å². The van der Waals surface area contributed by atoms with Gasteiger partial charge in [0.05, 0.1) is 5.41 Å². The summed E-state index contributed by atoms with van der Waals surface area (Å²) in [6.07, 6.45) is 3.67. The van der Waals surface area contributed by atoms with Crippen LogP contribution in [0.4, 0.5) is 0 Å². The third-order valence-corrected chi connectivity index (χ3v) is 4.01. The van der Waals surface area contributed by atoms with Crippen molar-refractivity contribution in [2.24, 2.45) is 5.41 Å². The fourth-order valence-electron chi connectivity index (χ4n) is 2.67. The lowest BCUT2D eigenvalue weighted by molar-refractivity contribution is 0.0802. The summed E-state index contributed by atoms with van der Waals surface area (Å²) in [5.41, 5.74) is 0.758. The summed E-state index contributed by atoms with van der Waals surface area (Å²) < 4.78 is 0. The first-order chi connectivity index (χ1) is 6.48. The van der Waals surface area contributed by atoms with Gasteiger partial charge in [0, 0.05) is 12.0 Å². The van der Waals surface area contributed by atoms with E-state index in [4.69, 9.17) is 6.57 Å². The molecule has 0 bridgehead atoms. The first-order valence-corrected chi connectivity index (χ1v) is 5.60. The van der Waals surface area contributed by atoms with Gasteiger partial charge in [0.1, 0.15) is 0 Å². The van der Waals surface area contributed by atoms with Gasteiger partial charge in [-0.05, 0) is 46.7 Å². The highest BCUT2D eigenvalue weighted by Crippen LogP contribution is 2.56. The third-order valence-electron chi connectivity index (χ3n) is 4.01. The molecule has 0 aromatic carbocycles. The maximum Gasteiger partial charge on any atom is 0.230 e. The van der Waals surface area contributed by atoms with E-state index in [0.29, 0.717) is 17.0 Å². The van der Waals surface area contributed by atoms with Gasteiger partial charge in [0.25, 0.3) is 0 Å². The topological polar surface area (TPSA) is 7.60 Å². The van der Waals surface area contributed by atoms with E-state index in [9.17, 15) is 0 Å². The normalized spacial score (nSPS) is 31.4. The smallest absolute Gasteiger partial charge is 0.230 e. The van der Waals surface area contributed by atoms with Gasteiger partial charge in [0.15, 0.2) is 0 Å². The molecule has 0 amide bonds. The van der Waals surface area contributed by atoms with Crippen LogP contribution in [0.5, 0.6) is 0 Å². The molecule has 0 N–H and O–H groups in total. The van der Waals surface area contributed by atoms with Gasteiger partial charge in [-0.3, -0.25) is 4.90 Å². The molecule has 1 saturated carbocycles. The van der Waals surface area contributed by atoms with Crippen molar-refractivity contribution in [3.05, 3.63) is 11.4 Å². The molecule has 2 heteroatoms. The lowest BCUT2D eigenvalue weighted by atomic mass is 9.90. The predicted molar refractivity (Wildman–Crippen MR) is 58.0 cm³/mol. The van der Waals surface area contributed by atoms with Gasteiger partial charge < -0.3 is 4.85 Å². The Bertz CT molecular complexity index is 261. The Hall–Kier alpha value is -0.550. The minimum atomic E-state index is 0.310. The van der Waals surface area contributed by atoms with Gasteiger partial charge in [-0.25, -0.2) is 6.57 Å². The molecule has 2 rings (SSSR count). The summed E-state index contributed by atoms with van der Waals surface area (Å²) in [6.45, 7) is 16.3. The monoisotopic (exact) mass is 192 g/mol. The number of nitrogens with zero attached hydrogens (tertiary/aromatic N) is 2. The highest BCUT2D eigenvalue weighted by molar-refractivity contribution is 5.15. The van der Waals surface area contributed by atoms with Crippen LogP contribution in [-0.4, -0.2) is 29.6 Å². The highest BCUT2D eigenvalue weighted by atomic mass is 15.2. The Kier molecular flexibility index (Phi) is 2.12. The summed E-state index contributed by atoms with van der Waals surface area (Å²) in [7, 11) is 0. The maximum atomic E-state index is 7.07. The van der Waals surface area contributed by atoms with E-state index in [1.807, 2.05) is 0 Å². The molecule has 0 aromatic heterocycles. The van der Waals surface area contributed by atoms with Crippen molar-refractivity contribution in [3.8, 4) is 0 Å². The van der Waals surface area contributed by atoms with Crippen LogP contribution in [0.15, 0.2) is 0 Å². The van der Waals surface area contributed by atoms with Gasteiger partial charge in [-0.1, -0.05) is 0 Å². The molecule has 1 saturated heterocycles. The van der Waals surface area contributed by atoms with Crippen LogP contribution in [0.3, 0.4) is 0 Å². The summed E-state index contributed by atoms with van der Waals surface area (Å²) in [6, 6.07) is 0.365. The number of hydrogen-bond acceptors (Lipinski definition) is 1. The van der Waals surface area contributed by atoms with Gasteiger partial charge in [0.2, 0.25) is 6.04 Å². The van der Waals surface area contributed by atoms with Crippen molar-refractivity contribution < 1.29 is 0 Å². The SMILES string of the molecule is [C-]#[N+]C1CC12CCN(C(C)(C)C)CC2. The van der Waals surface area contributed by atoms with E-state index in [2.05, 4.69) is 30.5 Å². The maximum absolute atomic E-state index is 7.07. The Labute approximate surface area is 87.1 Å². The number of rotatable bonds is 0. The quantitative estimate of drug-likeness (QED) is 0.535. The van der Waals surface area contributed by atoms with Crippen LogP contribution >= 0.6 is 0 Å². The molecule has 1 aliphatic carbocycles. The molecule has 2 fully saturated rings. The number of hydrogen-bond donors (Lipinski definition) is 0. The molecule has 14 heavy (non-hydrogen) atoms. The van der Waals surface area contributed by atoms with Crippen molar-refractivity contribution in [3.63, 3.8) is 0 Å². The van der Waals surface area contributed by atoms with E-state index in [1.165, 1.54) is 32.4 Å². The molecule has 2 aliphatic rings. The number of likely N-dealkylation sites (tertiary alicyclic amines) is 1. The summed E-state index contributed by atoms with van der Waals surface area (Å²) >= 11 is 0. The summed E-state index contributed by atoms with van der Waals surface area (Å²) in [5.74, 6) is 0. The molecule has 0 aromatic rings. The largest absolute Gasteiger partial charge is 0.313 e. The Morgan fingerprint density at radius 2 is 1.86 bits per heavy atom. The second-order valence-electron chi connectivity index (χ2n) is 5.87. The lowest BCUT2D eigenvalue weighted by Crippen LogP contribution is -2.46. The molecule has 1 heterocycles. The first-order valence-electron chi connectivity index (χ1n) is 5.60. The molecule has 2 nitrogen and oxygen atoms in total. The second-order valence-corrected chi connectivity index (χ2v) is 5.87.